The predicted octanol–water partition coefficient (Wildman–Crippen LogP) is 3.12. The molecule has 0 bridgehead atoms. The monoisotopic (exact) mass is 331 g/mol. The van der Waals surface area contributed by atoms with E-state index in [2.05, 4.69) is 38.8 Å². The van der Waals surface area contributed by atoms with Crippen molar-refractivity contribution in [3.63, 3.8) is 0 Å². The molecule has 0 radical (unpaired) electrons. The number of aromatic nitrogens is 1. The Bertz CT molecular complexity index is 552. The Balaban J connectivity index is 2.90. The zero-order chi connectivity index (χ0) is 16.3. The molecule has 0 fully saturated rings. The van der Waals surface area contributed by atoms with E-state index in [4.69, 9.17) is 8.61 Å². The summed E-state index contributed by atoms with van der Waals surface area (Å²) in [5.74, 6) is 0. The second-order valence-electron chi connectivity index (χ2n) is 6.64. The maximum atomic E-state index is 11.5. The van der Waals surface area contributed by atoms with Gasteiger partial charge in [0.05, 0.1) is 12.9 Å². The molecule has 1 rings (SSSR count). The van der Waals surface area contributed by atoms with Gasteiger partial charge >= 0.3 is 0 Å². The van der Waals surface area contributed by atoms with Crippen LogP contribution in [0.25, 0.3) is 0 Å². The lowest BCUT2D eigenvalue weighted by Crippen LogP contribution is -2.42. The van der Waals surface area contributed by atoms with Crippen molar-refractivity contribution in [3.05, 3.63) is 30.1 Å². The Morgan fingerprint density at radius 2 is 1.76 bits per heavy atom. The minimum absolute atomic E-state index is 0.0564. The first kappa shape index (κ1) is 18.3. The van der Waals surface area contributed by atoms with E-state index in [-0.39, 0.29) is 11.6 Å². The zero-order valence-electron chi connectivity index (χ0n) is 13.6. The topological polar surface area (TPSA) is 65.5 Å². The third-order valence-electron chi connectivity index (χ3n) is 3.77. The Morgan fingerprint density at radius 3 is 2.19 bits per heavy atom. The molecule has 0 aliphatic heterocycles. The van der Waals surface area contributed by atoms with Crippen molar-refractivity contribution in [2.45, 2.75) is 45.0 Å². The quantitative estimate of drug-likeness (QED) is 0.592. The summed E-state index contributed by atoms with van der Waals surface area (Å²) in [6, 6.07) is 3.48. The first-order valence-electron chi connectivity index (χ1n) is 6.84. The summed E-state index contributed by atoms with van der Waals surface area (Å²) in [5.41, 5.74) is 0.745. The highest BCUT2D eigenvalue weighted by Crippen LogP contribution is 2.37. The van der Waals surface area contributed by atoms with Crippen LogP contribution in [0, 0.1) is 0 Å². The SMILES string of the molecule is CC(C)(C)[Si](C)(C)OCC(OS(C)(=O)=O)c1ccncc1. The van der Waals surface area contributed by atoms with Gasteiger partial charge in [0.2, 0.25) is 0 Å². The Labute approximate surface area is 129 Å². The molecule has 0 N–H and O–H groups in total. The largest absolute Gasteiger partial charge is 0.414 e. The van der Waals surface area contributed by atoms with Crippen molar-refractivity contribution < 1.29 is 17.0 Å². The highest BCUT2D eigenvalue weighted by Gasteiger charge is 2.38. The van der Waals surface area contributed by atoms with E-state index >= 15 is 0 Å². The summed E-state index contributed by atoms with van der Waals surface area (Å²) in [5, 5.41) is 0.0564. The number of nitrogens with zero attached hydrogens (tertiary/aromatic N) is 1. The summed E-state index contributed by atoms with van der Waals surface area (Å²) in [6.45, 7) is 10.9. The molecule has 1 aromatic heterocycles. The van der Waals surface area contributed by atoms with E-state index in [9.17, 15) is 8.42 Å². The van der Waals surface area contributed by atoms with Crippen LogP contribution >= 0.6 is 0 Å². The molecule has 1 unspecified atom stereocenters. The minimum atomic E-state index is -3.56. The molecule has 1 aromatic rings. The van der Waals surface area contributed by atoms with Crippen LogP contribution in [0.1, 0.15) is 32.4 Å². The van der Waals surface area contributed by atoms with Gasteiger partial charge in [-0.05, 0) is 35.8 Å². The molecule has 7 heteroatoms. The molecule has 0 spiro atoms. The second-order valence-corrected chi connectivity index (χ2v) is 13.1. The molecule has 0 aliphatic rings. The van der Waals surface area contributed by atoms with Crippen LogP contribution in [-0.4, -0.2) is 34.6 Å². The van der Waals surface area contributed by atoms with Gasteiger partial charge < -0.3 is 4.43 Å². The van der Waals surface area contributed by atoms with Gasteiger partial charge in [0.25, 0.3) is 10.1 Å². The lowest BCUT2D eigenvalue weighted by atomic mass is 10.2. The molecule has 5 nitrogen and oxygen atoms in total. The van der Waals surface area contributed by atoms with Crippen LogP contribution in [0.3, 0.4) is 0 Å². The van der Waals surface area contributed by atoms with E-state index in [1.165, 1.54) is 0 Å². The highest BCUT2D eigenvalue weighted by atomic mass is 32.2. The van der Waals surface area contributed by atoms with Crippen molar-refractivity contribution in [1.82, 2.24) is 4.98 Å². The molecular formula is C14H25NO4SSi. The van der Waals surface area contributed by atoms with Crippen molar-refractivity contribution in [1.29, 1.82) is 0 Å². The van der Waals surface area contributed by atoms with Gasteiger partial charge in [-0.1, -0.05) is 20.8 Å². The summed E-state index contributed by atoms with van der Waals surface area (Å²) >= 11 is 0. The number of hydrogen-bond donors (Lipinski definition) is 0. The van der Waals surface area contributed by atoms with Crippen molar-refractivity contribution >= 4 is 18.4 Å². The molecule has 0 aromatic carbocycles. The Kier molecular flexibility index (Phi) is 5.71. The van der Waals surface area contributed by atoms with E-state index in [1.54, 1.807) is 24.5 Å². The van der Waals surface area contributed by atoms with Crippen molar-refractivity contribution in [2.24, 2.45) is 0 Å². The second kappa shape index (κ2) is 6.56. The minimum Gasteiger partial charge on any atom is -0.414 e. The lowest BCUT2D eigenvalue weighted by Gasteiger charge is -2.37. The van der Waals surface area contributed by atoms with Gasteiger partial charge in [-0.2, -0.15) is 8.42 Å². The third kappa shape index (κ3) is 5.86. The van der Waals surface area contributed by atoms with Gasteiger partial charge in [0, 0.05) is 12.4 Å². The van der Waals surface area contributed by atoms with Crippen LogP contribution in [-0.2, 0) is 18.7 Å². The normalized spacial score (nSPS) is 15.0. The molecule has 1 atom stereocenters. The lowest BCUT2D eigenvalue weighted by molar-refractivity contribution is 0.127. The van der Waals surface area contributed by atoms with E-state index < -0.39 is 24.5 Å². The zero-order valence-corrected chi connectivity index (χ0v) is 15.4. The summed E-state index contributed by atoms with van der Waals surface area (Å²) in [4.78, 5) is 3.94. The van der Waals surface area contributed by atoms with Crippen molar-refractivity contribution in [3.8, 4) is 0 Å². The maximum absolute atomic E-state index is 11.5. The smallest absolute Gasteiger partial charge is 0.265 e. The molecule has 0 saturated carbocycles. The Morgan fingerprint density at radius 1 is 1.24 bits per heavy atom. The van der Waals surface area contributed by atoms with Gasteiger partial charge in [0.1, 0.15) is 6.10 Å². The van der Waals surface area contributed by atoms with Crippen LogP contribution < -0.4 is 0 Å². The van der Waals surface area contributed by atoms with Gasteiger partial charge in [0.15, 0.2) is 8.32 Å². The summed E-state index contributed by atoms with van der Waals surface area (Å²) < 4.78 is 34.2. The number of rotatable bonds is 6. The van der Waals surface area contributed by atoms with Gasteiger partial charge in [-0.25, -0.2) is 0 Å². The maximum Gasteiger partial charge on any atom is 0.265 e. The van der Waals surface area contributed by atoms with Gasteiger partial charge in [-0.15, -0.1) is 0 Å². The van der Waals surface area contributed by atoms with E-state index in [1.807, 2.05) is 0 Å². The average molecular weight is 332 g/mol. The van der Waals surface area contributed by atoms with Crippen LogP contribution in [0.5, 0.6) is 0 Å². The fourth-order valence-corrected chi connectivity index (χ4v) is 3.06. The standard InChI is InChI=1S/C14H25NO4SSi/c1-14(2,3)21(5,6)18-11-13(19-20(4,16)17)12-7-9-15-10-8-12/h7-10,13H,11H2,1-6H3. The molecule has 0 saturated heterocycles. The summed E-state index contributed by atoms with van der Waals surface area (Å²) in [7, 11) is -5.53. The van der Waals surface area contributed by atoms with Crippen LogP contribution in [0.2, 0.25) is 18.1 Å². The van der Waals surface area contributed by atoms with Gasteiger partial charge in [-0.3, -0.25) is 9.17 Å². The number of hydrogen-bond acceptors (Lipinski definition) is 5. The highest BCUT2D eigenvalue weighted by molar-refractivity contribution is 7.86. The van der Waals surface area contributed by atoms with Crippen molar-refractivity contribution in [2.75, 3.05) is 12.9 Å². The molecule has 21 heavy (non-hydrogen) atoms. The fourth-order valence-electron chi connectivity index (χ4n) is 1.47. The predicted molar refractivity (Wildman–Crippen MR) is 86.1 cm³/mol. The van der Waals surface area contributed by atoms with E-state index in [0.29, 0.717) is 0 Å². The molecule has 120 valence electrons. The fraction of sp³-hybridized carbons (Fsp3) is 0.643. The van der Waals surface area contributed by atoms with Crippen LogP contribution in [0.4, 0.5) is 0 Å². The summed E-state index contributed by atoms with van der Waals surface area (Å²) in [6.07, 6.45) is 3.63. The molecule has 0 amide bonds. The number of pyridine rings is 1. The first-order chi connectivity index (χ1) is 9.42. The first-order valence-corrected chi connectivity index (χ1v) is 11.6. The average Bonchev–Trinajstić information content (AvgIpc) is 2.33. The third-order valence-corrected chi connectivity index (χ3v) is 8.85. The van der Waals surface area contributed by atoms with Crippen LogP contribution in [0.15, 0.2) is 24.5 Å². The molecule has 1 heterocycles. The molecule has 0 aliphatic carbocycles. The van der Waals surface area contributed by atoms with E-state index in [0.717, 1.165) is 11.8 Å². The molecular weight excluding hydrogens is 306 g/mol. The Hall–Kier alpha value is -0.763.